The van der Waals surface area contributed by atoms with Gasteiger partial charge in [0, 0.05) is 18.2 Å². The van der Waals surface area contributed by atoms with Crippen LogP contribution in [0, 0.1) is 12.8 Å². The smallest absolute Gasteiger partial charge is 0.349 e. The molecule has 0 bridgehead atoms. The summed E-state index contributed by atoms with van der Waals surface area (Å²) in [7, 11) is -3.72. The van der Waals surface area contributed by atoms with Crippen LogP contribution in [0.4, 0.5) is 13.2 Å². The van der Waals surface area contributed by atoms with Crippen molar-refractivity contribution in [3.05, 3.63) is 29.3 Å². The summed E-state index contributed by atoms with van der Waals surface area (Å²) in [6.45, 7) is 3.50. The van der Waals surface area contributed by atoms with Gasteiger partial charge in [0.2, 0.25) is 10.0 Å². The number of hydrogen-bond donors (Lipinski definition) is 2. The molecule has 0 spiro atoms. The van der Waals surface area contributed by atoms with E-state index in [1.54, 1.807) is 13.8 Å². The highest BCUT2D eigenvalue weighted by atomic mass is 32.2. The van der Waals surface area contributed by atoms with Crippen molar-refractivity contribution in [3.63, 3.8) is 0 Å². The van der Waals surface area contributed by atoms with Crippen molar-refractivity contribution >= 4 is 15.9 Å². The first-order valence-corrected chi connectivity index (χ1v) is 10.0. The van der Waals surface area contributed by atoms with Crippen LogP contribution in [-0.4, -0.2) is 33.1 Å². The van der Waals surface area contributed by atoms with Crippen LogP contribution in [0.25, 0.3) is 0 Å². The van der Waals surface area contributed by atoms with Gasteiger partial charge in [-0.05, 0) is 43.9 Å². The van der Waals surface area contributed by atoms with E-state index in [1.165, 1.54) is 18.2 Å². The minimum atomic E-state index is -4.26. The number of rotatable bonds is 5. The molecule has 0 heterocycles. The molecule has 1 amide bonds. The van der Waals surface area contributed by atoms with Crippen molar-refractivity contribution in [1.29, 1.82) is 0 Å². The molecule has 2 N–H and O–H groups in total. The van der Waals surface area contributed by atoms with Gasteiger partial charge in [-0.1, -0.05) is 19.4 Å². The average molecular weight is 392 g/mol. The lowest BCUT2D eigenvalue weighted by molar-refractivity contribution is -0.183. The first kappa shape index (κ1) is 20.7. The van der Waals surface area contributed by atoms with Crippen molar-refractivity contribution in [2.45, 2.75) is 56.6 Å². The Bertz CT molecular complexity index is 763. The van der Waals surface area contributed by atoms with Gasteiger partial charge in [-0.3, -0.25) is 4.79 Å². The normalized spacial score (nSPS) is 21.4. The van der Waals surface area contributed by atoms with Crippen molar-refractivity contribution in [2.24, 2.45) is 5.92 Å². The quantitative estimate of drug-likeness (QED) is 0.808. The number of carbonyl (C=O) groups is 1. The van der Waals surface area contributed by atoms with E-state index in [2.05, 4.69) is 10.0 Å². The summed E-state index contributed by atoms with van der Waals surface area (Å²) < 4.78 is 65.3. The highest BCUT2D eigenvalue weighted by molar-refractivity contribution is 7.89. The monoisotopic (exact) mass is 392 g/mol. The number of nitrogens with one attached hydrogen (secondary N) is 2. The minimum absolute atomic E-state index is 0.0492. The van der Waals surface area contributed by atoms with Gasteiger partial charge in [0.25, 0.3) is 5.91 Å². The number of carbonyl (C=O) groups excluding carboxylic acids is 1. The highest BCUT2D eigenvalue weighted by Gasteiger charge is 2.42. The van der Waals surface area contributed by atoms with Gasteiger partial charge in [0.15, 0.2) is 0 Å². The van der Waals surface area contributed by atoms with Gasteiger partial charge in [-0.15, -0.1) is 0 Å². The molecule has 2 rings (SSSR count). The molecule has 1 aromatic carbocycles. The number of hydrogen-bond acceptors (Lipinski definition) is 3. The molecule has 2 atom stereocenters. The molecule has 0 saturated heterocycles. The van der Waals surface area contributed by atoms with Crippen LogP contribution in [0.15, 0.2) is 23.1 Å². The van der Waals surface area contributed by atoms with Gasteiger partial charge in [0.05, 0.1) is 10.8 Å². The van der Waals surface area contributed by atoms with E-state index < -0.39 is 34.1 Å². The molecule has 1 fully saturated rings. The number of aryl methyl sites for hydroxylation is 1. The average Bonchev–Trinajstić information content (AvgIpc) is 2.54. The Hall–Kier alpha value is -1.61. The standard InChI is InChI=1S/C17H23F3N2O3S/c1-3-21-26(24,25)14-8-7-11(2)15(10-14)16(23)22-13-6-4-5-12(9-13)17(18,19)20/h7-8,10,12-13,21H,3-6,9H2,1-2H3,(H,22,23). The Morgan fingerprint density at radius 2 is 1.96 bits per heavy atom. The maximum Gasteiger partial charge on any atom is 0.391 e. The zero-order valence-electron chi connectivity index (χ0n) is 14.7. The van der Waals surface area contributed by atoms with Crippen LogP contribution in [0.3, 0.4) is 0 Å². The summed E-state index contributed by atoms with van der Waals surface area (Å²) in [5.41, 5.74) is 0.708. The summed E-state index contributed by atoms with van der Waals surface area (Å²) >= 11 is 0. The lowest BCUT2D eigenvalue weighted by Gasteiger charge is -2.31. The highest BCUT2D eigenvalue weighted by Crippen LogP contribution is 2.37. The lowest BCUT2D eigenvalue weighted by Crippen LogP contribution is -2.41. The predicted octanol–water partition coefficient (Wildman–Crippen LogP) is 3.14. The van der Waals surface area contributed by atoms with Crippen molar-refractivity contribution in [3.8, 4) is 0 Å². The zero-order chi connectivity index (χ0) is 19.5. The van der Waals surface area contributed by atoms with E-state index in [0.717, 1.165) is 0 Å². The predicted molar refractivity (Wildman–Crippen MR) is 91.3 cm³/mol. The van der Waals surface area contributed by atoms with Gasteiger partial charge in [0.1, 0.15) is 0 Å². The molecule has 0 aliphatic heterocycles. The molecule has 2 unspecified atom stereocenters. The number of alkyl halides is 3. The van der Waals surface area contributed by atoms with E-state index in [4.69, 9.17) is 0 Å². The summed E-state index contributed by atoms with van der Waals surface area (Å²) in [6, 6.07) is 3.59. The maximum absolute atomic E-state index is 12.9. The molecule has 0 aromatic heterocycles. The van der Waals surface area contributed by atoms with Crippen LogP contribution in [0.2, 0.25) is 0 Å². The molecule has 0 radical (unpaired) electrons. The summed E-state index contributed by atoms with van der Waals surface area (Å²) in [5.74, 6) is -1.97. The molecule has 1 aliphatic carbocycles. The van der Waals surface area contributed by atoms with Crippen LogP contribution < -0.4 is 10.0 Å². The first-order chi connectivity index (χ1) is 12.0. The summed E-state index contributed by atoms with van der Waals surface area (Å²) in [6.07, 6.45) is -3.47. The van der Waals surface area contributed by atoms with Crippen LogP contribution in [0.5, 0.6) is 0 Å². The molecule has 146 valence electrons. The van der Waals surface area contributed by atoms with Crippen LogP contribution in [0.1, 0.15) is 48.5 Å². The molecular weight excluding hydrogens is 369 g/mol. The van der Waals surface area contributed by atoms with Crippen LogP contribution >= 0.6 is 0 Å². The number of sulfonamides is 1. The fourth-order valence-corrected chi connectivity index (χ4v) is 4.23. The molecule has 1 saturated carbocycles. The fraction of sp³-hybridized carbons (Fsp3) is 0.588. The Morgan fingerprint density at radius 1 is 1.27 bits per heavy atom. The maximum atomic E-state index is 12.9. The summed E-state index contributed by atoms with van der Waals surface area (Å²) in [4.78, 5) is 12.5. The van der Waals surface area contributed by atoms with Crippen molar-refractivity contribution in [2.75, 3.05) is 6.54 Å². The molecule has 1 aromatic rings. The second-order valence-corrected chi connectivity index (χ2v) is 8.32. The lowest BCUT2D eigenvalue weighted by atomic mass is 9.85. The number of amides is 1. The fourth-order valence-electron chi connectivity index (χ4n) is 3.17. The largest absolute Gasteiger partial charge is 0.391 e. The van der Waals surface area contributed by atoms with E-state index in [0.29, 0.717) is 18.4 Å². The summed E-state index contributed by atoms with van der Waals surface area (Å²) in [5, 5.41) is 2.63. The Kier molecular flexibility index (Phi) is 6.33. The van der Waals surface area contributed by atoms with Gasteiger partial charge in [-0.25, -0.2) is 13.1 Å². The Morgan fingerprint density at radius 3 is 2.58 bits per heavy atom. The topological polar surface area (TPSA) is 75.3 Å². The second-order valence-electron chi connectivity index (χ2n) is 6.55. The van der Waals surface area contributed by atoms with Gasteiger partial charge < -0.3 is 5.32 Å². The first-order valence-electron chi connectivity index (χ1n) is 8.52. The Balaban J connectivity index is 2.17. The van der Waals surface area contributed by atoms with Gasteiger partial charge >= 0.3 is 6.18 Å². The zero-order valence-corrected chi connectivity index (χ0v) is 15.5. The molecule has 9 heteroatoms. The van der Waals surface area contributed by atoms with E-state index in [9.17, 15) is 26.4 Å². The number of benzene rings is 1. The number of halogens is 3. The second kappa shape index (κ2) is 7.96. The third-order valence-electron chi connectivity index (χ3n) is 4.57. The Labute approximate surface area is 151 Å². The molecule has 5 nitrogen and oxygen atoms in total. The van der Waals surface area contributed by atoms with Crippen molar-refractivity contribution < 1.29 is 26.4 Å². The SMILES string of the molecule is CCNS(=O)(=O)c1ccc(C)c(C(=O)NC2CCCC(C(F)(F)F)C2)c1. The van der Waals surface area contributed by atoms with Crippen molar-refractivity contribution in [1.82, 2.24) is 10.0 Å². The van der Waals surface area contributed by atoms with E-state index >= 15 is 0 Å². The molecule has 26 heavy (non-hydrogen) atoms. The molecular formula is C17H23F3N2O3S. The van der Waals surface area contributed by atoms with E-state index in [1.807, 2.05) is 0 Å². The molecule has 1 aliphatic rings. The third-order valence-corrected chi connectivity index (χ3v) is 6.11. The van der Waals surface area contributed by atoms with E-state index in [-0.39, 0.29) is 29.8 Å². The van der Waals surface area contributed by atoms with Gasteiger partial charge in [-0.2, -0.15) is 13.2 Å². The van der Waals surface area contributed by atoms with Crippen LogP contribution in [-0.2, 0) is 10.0 Å². The minimum Gasteiger partial charge on any atom is -0.349 e. The third kappa shape index (κ3) is 4.97.